The quantitative estimate of drug-likeness (QED) is 0.831. The van der Waals surface area contributed by atoms with E-state index >= 15 is 0 Å². The van der Waals surface area contributed by atoms with E-state index in [1.54, 1.807) is 18.6 Å². The molecule has 0 bridgehead atoms. The Morgan fingerprint density at radius 3 is 3.06 bits per heavy atom. The first-order chi connectivity index (χ1) is 7.88. The standard InChI is InChI=1S/C12H13N3O/c13-8-10-3-1-2-4-11(7-10)16-12-9-14-5-6-15-12/h2-7,9H,1,8,13H2. The molecule has 0 unspecified atom stereocenters. The first-order valence-corrected chi connectivity index (χ1v) is 5.09. The molecular formula is C12H13N3O. The highest BCUT2D eigenvalue weighted by atomic mass is 16.5. The number of ether oxygens (including phenoxy) is 1. The second-order valence-electron chi connectivity index (χ2n) is 3.31. The second-order valence-corrected chi connectivity index (χ2v) is 3.31. The second kappa shape index (κ2) is 5.23. The lowest BCUT2D eigenvalue weighted by Gasteiger charge is -2.04. The van der Waals surface area contributed by atoms with Crippen molar-refractivity contribution in [2.75, 3.05) is 6.54 Å². The van der Waals surface area contributed by atoms with Gasteiger partial charge in [0.2, 0.25) is 5.88 Å². The molecule has 0 atom stereocenters. The zero-order valence-electron chi connectivity index (χ0n) is 8.84. The van der Waals surface area contributed by atoms with Crippen LogP contribution in [0.25, 0.3) is 0 Å². The van der Waals surface area contributed by atoms with Gasteiger partial charge in [0.1, 0.15) is 5.76 Å². The maximum atomic E-state index is 5.60. The molecular weight excluding hydrogens is 202 g/mol. The number of rotatable bonds is 3. The zero-order valence-corrected chi connectivity index (χ0v) is 8.84. The summed E-state index contributed by atoms with van der Waals surface area (Å²) in [7, 11) is 0. The molecule has 0 radical (unpaired) electrons. The van der Waals surface area contributed by atoms with E-state index in [0.29, 0.717) is 12.4 Å². The number of hydrogen-bond acceptors (Lipinski definition) is 4. The predicted molar refractivity (Wildman–Crippen MR) is 61.6 cm³/mol. The third kappa shape index (κ3) is 2.77. The highest BCUT2D eigenvalue weighted by Crippen LogP contribution is 2.14. The Hall–Kier alpha value is -1.94. The van der Waals surface area contributed by atoms with Gasteiger partial charge in [-0.2, -0.15) is 0 Å². The first-order valence-electron chi connectivity index (χ1n) is 5.09. The average molecular weight is 215 g/mol. The van der Waals surface area contributed by atoms with Gasteiger partial charge in [-0.05, 0) is 24.1 Å². The lowest BCUT2D eigenvalue weighted by Crippen LogP contribution is -2.02. The van der Waals surface area contributed by atoms with Crippen molar-refractivity contribution in [1.29, 1.82) is 0 Å². The lowest BCUT2D eigenvalue weighted by molar-refractivity contribution is 0.424. The highest BCUT2D eigenvalue weighted by molar-refractivity contribution is 5.32. The van der Waals surface area contributed by atoms with Crippen molar-refractivity contribution >= 4 is 0 Å². The number of nitrogens with two attached hydrogens (primary N) is 1. The van der Waals surface area contributed by atoms with E-state index in [-0.39, 0.29) is 0 Å². The summed E-state index contributed by atoms with van der Waals surface area (Å²) < 4.78 is 5.57. The van der Waals surface area contributed by atoms with Crippen LogP contribution in [0.15, 0.2) is 54.2 Å². The molecule has 0 amide bonds. The van der Waals surface area contributed by atoms with Crippen molar-refractivity contribution in [2.45, 2.75) is 6.42 Å². The van der Waals surface area contributed by atoms with Crippen LogP contribution in [0.3, 0.4) is 0 Å². The minimum atomic E-state index is 0.483. The van der Waals surface area contributed by atoms with Gasteiger partial charge in [-0.3, -0.25) is 4.98 Å². The lowest BCUT2D eigenvalue weighted by atomic mass is 10.2. The maximum Gasteiger partial charge on any atom is 0.237 e. The largest absolute Gasteiger partial charge is 0.438 e. The Morgan fingerprint density at radius 1 is 1.38 bits per heavy atom. The molecule has 0 spiro atoms. The first kappa shape index (κ1) is 10.6. The monoisotopic (exact) mass is 215 g/mol. The maximum absolute atomic E-state index is 5.60. The van der Waals surface area contributed by atoms with E-state index in [4.69, 9.17) is 10.5 Å². The van der Waals surface area contributed by atoms with Crippen LogP contribution >= 0.6 is 0 Å². The molecule has 1 aromatic rings. The number of allylic oxidation sites excluding steroid dienone is 3. The third-order valence-corrected chi connectivity index (χ3v) is 2.12. The van der Waals surface area contributed by atoms with E-state index in [9.17, 15) is 0 Å². The molecule has 0 aromatic carbocycles. The number of aromatic nitrogens is 2. The Kier molecular flexibility index (Phi) is 3.46. The fourth-order valence-corrected chi connectivity index (χ4v) is 1.36. The van der Waals surface area contributed by atoms with Gasteiger partial charge in [0.25, 0.3) is 0 Å². The van der Waals surface area contributed by atoms with E-state index in [0.717, 1.165) is 17.8 Å². The van der Waals surface area contributed by atoms with Gasteiger partial charge in [0, 0.05) is 18.9 Å². The number of nitrogens with zero attached hydrogens (tertiary/aromatic N) is 2. The third-order valence-electron chi connectivity index (χ3n) is 2.12. The fourth-order valence-electron chi connectivity index (χ4n) is 1.36. The summed E-state index contributed by atoms with van der Waals surface area (Å²) >= 11 is 0. The summed E-state index contributed by atoms with van der Waals surface area (Å²) in [6, 6.07) is 0. The average Bonchev–Trinajstić information content (AvgIpc) is 2.55. The Bertz CT molecular complexity index is 435. The summed E-state index contributed by atoms with van der Waals surface area (Å²) in [5.74, 6) is 1.21. The van der Waals surface area contributed by atoms with Gasteiger partial charge >= 0.3 is 0 Å². The molecule has 2 N–H and O–H groups in total. The van der Waals surface area contributed by atoms with Crippen molar-refractivity contribution in [1.82, 2.24) is 9.97 Å². The molecule has 82 valence electrons. The van der Waals surface area contributed by atoms with Crippen LogP contribution in [-0.2, 0) is 0 Å². The van der Waals surface area contributed by atoms with Gasteiger partial charge in [0.05, 0.1) is 6.20 Å². The van der Waals surface area contributed by atoms with Gasteiger partial charge < -0.3 is 10.5 Å². The Labute approximate surface area is 94.2 Å². The molecule has 16 heavy (non-hydrogen) atoms. The summed E-state index contributed by atoms with van der Waals surface area (Å²) in [5.41, 5.74) is 6.66. The zero-order chi connectivity index (χ0) is 11.2. The molecule has 1 aliphatic carbocycles. The van der Waals surface area contributed by atoms with E-state index in [1.807, 2.05) is 18.2 Å². The van der Waals surface area contributed by atoms with Gasteiger partial charge in [-0.15, -0.1) is 0 Å². The van der Waals surface area contributed by atoms with Gasteiger partial charge in [-0.25, -0.2) is 4.98 Å². The highest BCUT2D eigenvalue weighted by Gasteiger charge is 2.02. The molecule has 1 aliphatic rings. The molecule has 0 saturated heterocycles. The van der Waals surface area contributed by atoms with Crippen LogP contribution in [0.1, 0.15) is 6.42 Å². The van der Waals surface area contributed by atoms with Crippen LogP contribution in [0.5, 0.6) is 5.88 Å². The van der Waals surface area contributed by atoms with Crippen molar-refractivity contribution in [3.63, 3.8) is 0 Å². The fraction of sp³-hybridized carbons (Fsp3) is 0.167. The smallest absolute Gasteiger partial charge is 0.237 e. The Morgan fingerprint density at radius 2 is 2.31 bits per heavy atom. The molecule has 2 rings (SSSR count). The van der Waals surface area contributed by atoms with Crippen LogP contribution in [0.4, 0.5) is 0 Å². The molecule has 0 saturated carbocycles. The molecule has 4 heteroatoms. The SMILES string of the molecule is NCC1=CCC=CC(Oc2cnccn2)=C1. The Balaban J connectivity index is 2.15. The summed E-state index contributed by atoms with van der Waals surface area (Å²) in [5, 5.41) is 0. The summed E-state index contributed by atoms with van der Waals surface area (Å²) in [6.45, 7) is 0.509. The minimum absolute atomic E-state index is 0.483. The van der Waals surface area contributed by atoms with Crippen molar-refractivity contribution in [2.24, 2.45) is 5.73 Å². The van der Waals surface area contributed by atoms with Gasteiger partial charge in [-0.1, -0.05) is 12.2 Å². The topological polar surface area (TPSA) is 61.0 Å². The normalized spacial score (nSPS) is 15.1. The van der Waals surface area contributed by atoms with Crippen LogP contribution < -0.4 is 10.5 Å². The van der Waals surface area contributed by atoms with Crippen molar-refractivity contribution in [3.8, 4) is 5.88 Å². The van der Waals surface area contributed by atoms with E-state index in [2.05, 4.69) is 16.0 Å². The van der Waals surface area contributed by atoms with Crippen molar-refractivity contribution in [3.05, 3.63) is 54.2 Å². The molecule has 4 nitrogen and oxygen atoms in total. The predicted octanol–water partition coefficient (Wildman–Crippen LogP) is 1.58. The van der Waals surface area contributed by atoms with Crippen LogP contribution in [0.2, 0.25) is 0 Å². The van der Waals surface area contributed by atoms with E-state index < -0.39 is 0 Å². The molecule has 1 heterocycles. The molecule has 0 aliphatic heterocycles. The van der Waals surface area contributed by atoms with Crippen LogP contribution in [-0.4, -0.2) is 16.5 Å². The molecule has 1 aromatic heterocycles. The number of hydrogen-bond donors (Lipinski definition) is 1. The van der Waals surface area contributed by atoms with Gasteiger partial charge in [0.15, 0.2) is 0 Å². The summed E-state index contributed by atoms with van der Waals surface area (Å²) in [6.07, 6.45) is 13.6. The van der Waals surface area contributed by atoms with Crippen molar-refractivity contribution < 1.29 is 4.74 Å². The van der Waals surface area contributed by atoms with E-state index in [1.165, 1.54) is 0 Å². The summed E-state index contributed by atoms with van der Waals surface area (Å²) in [4.78, 5) is 7.98. The minimum Gasteiger partial charge on any atom is -0.438 e. The van der Waals surface area contributed by atoms with Crippen LogP contribution in [0, 0.1) is 0 Å². The molecule has 0 fully saturated rings.